The Kier molecular flexibility index (Phi) is 5.28. The lowest BCUT2D eigenvalue weighted by molar-refractivity contribution is 0.137. The molecule has 0 amide bonds. The minimum Gasteiger partial charge on any atom is -0.313 e. The summed E-state index contributed by atoms with van der Waals surface area (Å²) in [7, 11) is 0. The molecule has 0 atom stereocenters. The topological polar surface area (TPSA) is 35.8 Å². The molecule has 0 bridgehead atoms. The summed E-state index contributed by atoms with van der Waals surface area (Å²) in [5.74, 6) is 0.895. The minimum atomic E-state index is 0.512. The van der Waals surface area contributed by atoms with Crippen molar-refractivity contribution in [1.82, 2.24) is 5.32 Å². The minimum absolute atomic E-state index is 0.512. The SMILES string of the molecule is CCC(C)(C)C1CCC(NCCC#N)CC1. The predicted octanol–water partition coefficient (Wildman–Crippen LogP) is 3.48. The summed E-state index contributed by atoms with van der Waals surface area (Å²) in [6, 6.07) is 2.85. The van der Waals surface area contributed by atoms with Crippen molar-refractivity contribution >= 4 is 0 Å². The van der Waals surface area contributed by atoms with Crippen LogP contribution in [0.1, 0.15) is 59.3 Å². The van der Waals surface area contributed by atoms with E-state index in [1.165, 1.54) is 32.1 Å². The van der Waals surface area contributed by atoms with Crippen LogP contribution >= 0.6 is 0 Å². The van der Waals surface area contributed by atoms with Crippen molar-refractivity contribution in [2.45, 2.75) is 65.3 Å². The number of hydrogen-bond acceptors (Lipinski definition) is 2. The Morgan fingerprint density at radius 1 is 1.25 bits per heavy atom. The molecule has 0 aromatic rings. The van der Waals surface area contributed by atoms with Crippen LogP contribution < -0.4 is 5.32 Å². The number of hydrogen-bond donors (Lipinski definition) is 1. The van der Waals surface area contributed by atoms with E-state index in [4.69, 9.17) is 5.26 Å². The van der Waals surface area contributed by atoms with Gasteiger partial charge in [0.05, 0.1) is 6.07 Å². The van der Waals surface area contributed by atoms with Gasteiger partial charge in [-0.3, -0.25) is 0 Å². The molecule has 0 aromatic heterocycles. The first kappa shape index (κ1) is 13.5. The maximum atomic E-state index is 8.49. The molecule has 0 spiro atoms. The van der Waals surface area contributed by atoms with Gasteiger partial charge < -0.3 is 5.32 Å². The monoisotopic (exact) mass is 222 g/mol. The van der Waals surface area contributed by atoms with E-state index < -0.39 is 0 Å². The zero-order valence-electron chi connectivity index (χ0n) is 11.1. The van der Waals surface area contributed by atoms with Gasteiger partial charge in [0.25, 0.3) is 0 Å². The van der Waals surface area contributed by atoms with Crippen LogP contribution in [0.3, 0.4) is 0 Å². The maximum absolute atomic E-state index is 8.49. The number of rotatable bonds is 5. The molecule has 1 aliphatic rings. The van der Waals surface area contributed by atoms with E-state index in [1.807, 2.05) is 0 Å². The lowest BCUT2D eigenvalue weighted by Crippen LogP contribution is -2.37. The molecule has 0 aliphatic heterocycles. The Morgan fingerprint density at radius 2 is 1.88 bits per heavy atom. The van der Waals surface area contributed by atoms with Gasteiger partial charge >= 0.3 is 0 Å². The third-order valence-electron chi connectivity index (χ3n) is 4.41. The highest BCUT2D eigenvalue weighted by Gasteiger charge is 2.31. The van der Waals surface area contributed by atoms with Crippen LogP contribution in [0.25, 0.3) is 0 Å². The van der Waals surface area contributed by atoms with Crippen LogP contribution in [0.5, 0.6) is 0 Å². The first-order valence-corrected chi connectivity index (χ1v) is 6.70. The fourth-order valence-electron chi connectivity index (χ4n) is 2.70. The molecular formula is C14H26N2. The fraction of sp³-hybridized carbons (Fsp3) is 0.929. The molecule has 16 heavy (non-hydrogen) atoms. The number of nitrogens with one attached hydrogen (secondary N) is 1. The maximum Gasteiger partial charge on any atom is 0.0635 e. The van der Waals surface area contributed by atoms with E-state index >= 15 is 0 Å². The highest BCUT2D eigenvalue weighted by atomic mass is 14.9. The van der Waals surface area contributed by atoms with E-state index in [0.29, 0.717) is 17.9 Å². The molecule has 1 rings (SSSR count). The molecule has 1 N–H and O–H groups in total. The normalized spacial score (nSPS) is 26.4. The first-order valence-electron chi connectivity index (χ1n) is 6.70. The molecule has 1 saturated carbocycles. The molecule has 0 saturated heterocycles. The van der Waals surface area contributed by atoms with E-state index in [9.17, 15) is 0 Å². The zero-order valence-corrected chi connectivity index (χ0v) is 11.1. The molecule has 0 heterocycles. The highest BCUT2D eigenvalue weighted by Crippen LogP contribution is 2.40. The van der Waals surface area contributed by atoms with Gasteiger partial charge in [-0.1, -0.05) is 27.2 Å². The van der Waals surface area contributed by atoms with Gasteiger partial charge in [0.15, 0.2) is 0 Å². The van der Waals surface area contributed by atoms with Crippen molar-refractivity contribution in [2.75, 3.05) is 6.54 Å². The molecule has 92 valence electrons. The van der Waals surface area contributed by atoms with E-state index in [-0.39, 0.29) is 0 Å². The Balaban J connectivity index is 2.26. The molecule has 2 nitrogen and oxygen atoms in total. The van der Waals surface area contributed by atoms with Crippen molar-refractivity contribution in [2.24, 2.45) is 11.3 Å². The Hall–Kier alpha value is -0.550. The average molecular weight is 222 g/mol. The van der Waals surface area contributed by atoms with Crippen LogP contribution in [0.4, 0.5) is 0 Å². The summed E-state index contributed by atoms with van der Waals surface area (Å²) in [6.07, 6.45) is 7.21. The highest BCUT2D eigenvalue weighted by molar-refractivity contribution is 4.85. The van der Waals surface area contributed by atoms with E-state index in [2.05, 4.69) is 32.2 Å². The van der Waals surface area contributed by atoms with Gasteiger partial charge in [-0.15, -0.1) is 0 Å². The molecule has 1 aliphatic carbocycles. The van der Waals surface area contributed by atoms with Crippen LogP contribution in [-0.4, -0.2) is 12.6 Å². The van der Waals surface area contributed by atoms with Gasteiger partial charge in [0.1, 0.15) is 0 Å². The van der Waals surface area contributed by atoms with Crippen molar-refractivity contribution in [3.8, 4) is 6.07 Å². The fourth-order valence-corrected chi connectivity index (χ4v) is 2.70. The number of nitriles is 1. The van der Waals surface area contributed by atoms with Crippen LogP contribution in [0.15, 0.2) is 0 Å². The standard InChI is InChI=1S/C14H26N2/c1-4-14(2,3)12-6-8-13(9-7-12)16-11-5-10-15/h12-13,16H,4-9,11H2,1-3H3. The van der Waals surface area contributed by atoms with Crippen molar-refractivity contribution < 1.29 is 0 Å². The second-order valence-corrected chi connectivity index (χ2v) is 5.75. The average Bonchev–Trinajstić information content (AvgIpc) is 2.30. The second kappa shape index (κ2) is 6.25. The van der Waals surface area contributed by atoms with Gasteiger partial charge in [0.2, 0.25) is 0 Å². The van der Waals surface area contributed by atoms with Crippen LogP contribution in [0.2, 0.25) is 0 Å². The lowest BCUT2D eigenvalue weighted by atomic mass is 9.69. The molecule has 0 aromatic carbocycles. The Morgan fingerprint density at radius 3 is 2.38 bits per heavy atom. The van der Waals surface area contributed by atoms with Gasteiger partial charge in [-0.25, -0.2) is 0 Å². The summed E-state index contributed by atoms with van der Waals surface area (Å²) in [5, 5.41) is 12.0. The molecule has 0 unspecified atom stereocenters. The summed E-state index contributed by atoms with van der Waals surface area (Å²) >= 11 is 0. The zero-order chi connectivity index (χ0) is 12.0. The summed E-state index contributed by atoms with van der Waals surface area (Å²) in [4.78, 5) is 0. The van der Waals surface area contributed by atoms with Crippen molar-refractivity contribution in [3.05, 3.63) is 0 Å². The third kappa shape index (κ3) is 3.79. The Labute approximate surface area is 100 Å². The van der Waals surface area contributed by atoms with Gasteiger partial charge in [-0.2, -0.15) is 5.26 Å². The molecular weight excluding hydrogens is 196 g/mol. The van der Waals surface area contributed by atoms with Crippen LogP contribution in [-0.2, 0) is 0 Å². The first-order chi connectivity index (χ1) is 7.60. The van der Waals surface area contributed by atoms with Crippen molar-refractivity contribution in [1.29, 1.82) is 5.26 Å². The lowest BCUT2D eigenvalue weighted by Gasteiger charge is -2.39. The Bertz CT molecular complexity index is 232. The predicted molar refractivity (Wildman–Crippen MR) is 68.1 cm³/mol. The largest absolute Gasteiger partial charge is 0.313 e. The summed E-state index contributed by atoms with van der Waals surface area (Å²) in [5.41, 5.74) is 0.512. The molecule has 1 fully saturated rings. The van der Waals surface area contributed by atoms with E-state index in [0.717, 1.165) is 12.5 Å². The van der Waals surface area contributed by atoms with E-state index in [1.54, 1.807) is 0 Å². The molecule has 2 heteroatoms. The smallest absolute Gasteiger partial charge is 0.0635 e. The molecule has 0 radical (unpaired) electrons. The van der Waals surface area contributed by atoms with Gasteiger partial charge in [-0.05, 0) is 37.0 Å². The quantitative estimate of drug-likeness (QED) is 0.723. The summed E-state index contributed by atoms with van der Waals surface area (Å²) < 4.78 is 0. The van der Waals surface area contributed by atoms with Crippen LogP contribution in [0, 0.1) is 22.7 Å². The second-order valence-electron chi connectivity index (χ2n) is 5.75. The number of nitrogens with zero attached hydrogens (tertiary/aromatic N) is 1. The summed E-state index contributed by atoms with van der Waals surface area (Å²) in [6.45, 7) is 7.97. The third-order valence-corrected chi connectivity index (χ3v) is 4.41. The van der Waals surface area contributed by atoms with Crippen molar-refractivity contribution in [3.63, 3.8) is 0 Å². The van der Waals surface area contributed by atoms with Gasteiger partial charge in [0, 0.05) is 19.0 Å².